The lowest BCUT2D eigenvalue weighted by atomic mass is 10.0. The van der Waals surface area contributed by atoms with E-state index >= 15 is 0 Å². The zero-order valence-corrected chi connectivity index (χ0v) is 10.8. The zero-order valence-electron chi connectivity index (χ0n) is 10.0. The van der Waals surface area contributed by atoms with Gasteiger partial charge >= 0.3 is 0 Å². The first-order chi connectivity index (χ1) is 7.56. The highest BCUT2D eigenvalue weighted by Gasteiger charge is 2.10. The standard InChI is InChI=1S/C13H18ClNO/c1-10(2)11-4-6-12(7-5-11)13(16)15(3)9-8-14/h4-7,10H,8-9H2,1-3H3. The van der Waals surface area contributed by atoms with E-state index in [-0.39, 0.29) is 5.91 Å². The Labute approximate surface area is 102 Å². The van der Waals surface area contributed by atoms with Gasteiger partial charge in [0.05, 0.1) is 0 Å². The van der Waals surface area contributed by atoms with E-state index in [9.17, 15) is 4.79 Å². The molecule has 1 aromatic rings. The monoisotopic (exact) mass is 239 g/mol. The molecule has 0 spiro atoms. The summed E-state index contributed by atoms with van der Waals surface area (Å²) in [7, 11) is 1.76. The third-order valence-electron chi connectivity index (χ3n) is 2.59. The predicted octanol–water partition coefficient (Wildman–Crippen LogP) is 3.12. The first-order valence-corrected chi connectivity index (χ1v) is 6.01. The van der Waals surface area contributed by atoms with Gasteiger partial charge in [-0.2, -0.15) is 0 Å². The Morgan fingerprint density at radius 1 is 1.31 bits per heavy atom. The lowest BCUT2D eigenvalue weighted by molar-refractivity contribution is 0.0803. The van der Waals surface area contributed by atoms with Gasteiger partial charge in [0.15, 0.2) is 0 Å². The summed E-state index contributed by atoms with van der Waals surface area (Å²) in [5.74, 6) is 0.979. The van der Waals surface area contributed by atoms with E-state index < -0.39 is 0 Å². The van der Waals surface area contributed by atoms with E-state index in [4.69, 9.17) is 11.6 Å². The van der Waals surface area contributed by atoms with Crippen LogP contribution in [0.2, 0.25) is 0 Å². The maximum Gasteiger partial charge on any atom is 0.253 e. The predicted molar refractivity (Wildman–Crippen MR) is 68.2 cm³/mol. The van der Waals surface area contributed by atoms with Crippen LogP contribution >= 0.6 is 11.6 Å². The van der Waals surface area contributed by atoms with Crippen LogP contribution in [0.5, 0.6) is 0 Å². The molecule has 0 atom stereocenters. The number of alkyl halides is 1. The molecule has 0 aliphatic heterocycles. The summed E-state index contributed by atoms with van der Waals surface area (Å²) in [4.78, 5) is 13.5. The molecule has 0 N–H and O–H groups in total. The van der Waals surface area contributed by atoms with E-state index in [1.807, 2.05) is 24.3 Å². The molecule has 1 aromatic carbocycles. The van der Waals surface area contributed by atoms with Crippen LogP contribution < -0.4 is 0 Å². The first-order valence-electron chi connectivity index (χ1n) is 5.47. The molecule has 1 amide bonds. The molecule has 0 aromatic heterocycles. The largest absolute Gasteiger partial charge is 0.341 e. The van der Waals surface area contributed by atoms with Gasteiger partial charge in [-0.1, -0.05) is 26.0 Å². The van der Waals surface area contributed by atoms with Crippen molar-refractivity contribution in [3.05, 3.63) is 35.4 Å². The molecule has 0 unspecified atom stereocenters. The molecule has 3 heteroatoms. The van der Waals surface area contributed by atoms with Crippen molar-refractivity contribution >= 4 is 17.5 Å². The van der Waals surface area contributed by atoms with Crippen molar-refractivity contribution in [3.63, 3.8) is 0 Å². The number of hydrogen-bond acceptors (Lipinski definition) is 1. The van der Waals surface area contributed by atoms with Crippen LogP contribution in [0.3, 0.4) is 0 Å². The number of hydrogen-bond donors (Lipinski definition) is 0. The Balaban J connectivity index is 2.77. The maximum absolute atomic E-state index is 11.9. The highest BCUT2D eigenvalue weighted by molar-refractivity contribution is 6.18. The second-order valence-electron chi connectivity index (χ2n) is 4.19. The summed E-state index contributed by atoms with van der Waals surface area (Å²) in [6.45, 7) is 4.85. The van der Waals surface area contributed by atoms with Crippen LogP contribution in [0, 0.1) is 0 Å². The molecule has 0 aliphatic rings. The highest BCUT2D eigenvalue weighted by atomic mass is 35.5. The highest BCUT2D eigenvalue weighted by Crippen LogP contribution is 2.15. The Morgan fingerprint density at radius 3 is 2.31 bits per heavy atom. The van der Waals surface area contributed by atoms with Crippen molar-refractivity contribution in [2.75, 3.05) is 19.5 Å². The van der Waals surface area contributed by atoms with Crippen LogP contribution in [0.1, 0.15) is 35.7 Å². The smallest absolute Gasteiger partial charge is 0.253 e. The Hall–Kier alpha value is -1.02. The van der Waals surface area contributed by atoms with Crippen LogP contribution in [-0.2, 0) is 0 Å². The molecule has 0 fully saturated rings. The quantitative estimate of drug-likeness (QED) is 0.740. The molecule has 0 saturated carbocycles. The van der Waals surface area contributed by atoms with Crippen molar-refractivity contribution in [2.24, 2.45) is 0 Å². The Kier molecular flexibility index (Phi) is 4.81. The summed E-state index contributed by atoms with van der Waals surface area (Å²) >= 11 is 5.60. The Bertz CT molecular complexity index is 345. The summed E-state index contributed by atoms with van der Waals surface area (Å²) in [5, 5.41) is 0. The fraction of sp³-hybridized carbons (Fsp3) is 0.462. The third-order valence-corrected chi connectivity index (χ3v) is 2.76. The average Bonchev–Trinajstić information content (AvgIpc) is 2.28. The van der Waals surface area contributed by atoms with Crippen LogP contribution in [-0.4, -0.2) is 30.3 Å². The SMILES string of the molecule is CC(C)c1ccc(C(=O)N(C)CCCl)cc1. The van der Waals surface area contributed by atoms with Gasteiger partial charge in [0.25, 0.3) is 5.91 Å². The van der Waals surface area contributed by atoms with E-state index in [0.29, 0.717) is 18.3 Å². The van der Waals surface area contributed by atoms with E-state index in [2.05, 4.69) is 13.8 Å². The summed E-state index contributed by atoms with van der Waals surface area (Å²) in [6.07, 6.45) is 0. The second kappa shape index (κ2) is 5.90. The molecule has 0 aliphatic carbocycles. The van der Waals surface area contributed by atoms with Gasteiger partial charge < -0.3 is 4.90 Å². The van der Waals surface area contributed by atoms with Gasteiger partial charge in [0, 0.05) is 25.0 Å². The van der Waals surface area contributed by atoms with Gasteiger partial charge in [-0.05, 0) is 23.6 Å². The van der Waals surface area contributed by atoms with Crippen molar-refractivity contribution in [1.29, 1.82) is 0 Å². The zero-order chi connectivity index (χ0) is 12.1. The summed E-state index contributed by atoms with van der Waals surface area (Å²) in [5.41, 5.74) is 1.97. The molecule has 0 saturated heterocycles. The molecule has 2 nitrogen and oxygen atoms in total. The van der Waals surface area contributed by atoms with Crippen molar-refractivity contribution in [2.45, 2.75) is 19.8 Å². The van der Waals surface area contributed by atoms with Gasteiger partial charge in [-0.15, -0.1) is 11.6 Å². The normalized spacial score (nSPS) is 10.6. The van der Waals surface area contributed by atoms with Crippen LogP contribution in [0.25, 0.3) is 0 Å². The fourth-order valence-electron chi connectivity index (χ4n) is 1.46. The molecular formula is C13H18ClNO. The van der Waals surface area contributed by atoms with Gasteiger partial charge in [-0.25, -0.2) is 0 Å². The molecule has 88 valence electrons. The first kappa shape index (κ1) is 13.0. The molecule has 0 bridgehead atoms. The molecule has 0 radical (unpaired) electrons. The minimum absolute atomic E-state index is 0.0240. The topological polar surface area (TPSA) is 20.3 Å². The van der Waals surface area contributed by atoms with E-state index in [1.54, 1.807) is 11.9 Å². The lowest BCUT2D eigenvalue weighted by Gasteiger charge is -2.16. The molecule has 16 heavy (non-hydrogen) atoms. The van der Waals surface area contributed by atoms with Gasteiger partial charge in [0.1, 0.15) is 0 Å². The minimum Gasteiger partial charge on any atom is -0.341 e. The molecule has 0 heterocycles. The number of benzene rings is 1. The molecular weight excluding hydrogens is 222 g/mol. The maximum atomic E-state index is 11.9. The average molecular weight is 240 g/mol. The summed E-state index contributed by atoms with van der Waals surface area (Å²) < 4.78 is 0. The van der Waals surface area contributed by atoms with Gasteiger partial charge in [0.2, 0.25) is 0 Å². The number of amides is 1. The fourth-order valence-corrected chi connectivity index (χ4v) is 1.71. The molecule has 1 rings (SSSR count). The van der Waals surface area contributed by atoms with E-state index in [0.717, 1.165) is 5.56 Å². The lowest BCUT2D eigenvalue weighted by Crippen LogP contribution is -2.28. The van der Waals surface area contributed by atoms with Crippen LogP contribution in [0.15, 0.2) is 24.3 Å². The van der Waals surface area contributed by atoms with Crippen molar-refractivity contribution in [3.8, 4) is 0 Å². The number of halogens is 1. The number of carbonyl (C=O) groups excluding carboxylic acids is 1. The van der Waals surface area contributed by atoms with Crippen molar-refractivity contribution < 1.29 is 4.79 Å². The van der Waals surface area contributed by atoms with Crippen molar-refractivity contribution in [1.82, 2.24) is 4.90 Å². The third kappa shape index (κ3) is 3.24. The number of rotatable bonds is 4. The second-order valence-corrected chi connectivity index (χ2v) is 4.57. The summed E-state index contributed by atoms with van der Waals surface area (Å²) in [6, 6.07) is 7.77. The minimum atomic E-state index is 0.0240. The van der Waals surface area contributed by atoms with Gasteiger partial charge in [-0.3, -0.25) is 4.79 Å². The number of nitrogens with zero attached hydrogens (tertiary/aromatic N) is 1. The Morgan fingerprint density at radius 2 is 1.88 bits per heavy atom. The van der Waals surface area contributed by atoms with E-state index in [1.165, 1.54) is 5.56 Å². The number of carbonyl (C=O) groups is 1. The van der Waals surface area contributed by atoms with Crippen LogP contribution in [0.4, 0.5) is 0 Å².